The fraction of sp³-hybridized carbons (Fsp3) is 0.444. The minimum atomic E-state index is -0.0210. The van der Waals surface area contributed by atoms with Crippen molar-refractivity contribution in [2.75, 3.05) is 19.6 Å². The molecule has 0 aliphatic carbocycles. The number of rotatable bonds is 4. The second-order valence-corrected chi connectivity index (χ2v) is 6.60. The van der Waals surface area contributed by atoms with Gasteiger partial charge < -0.3 is 19.4 Å². The topological polar surface area (TPSA) is 67.6 Å². The summed E-state index contributed by atoms with van der Waals surface area (Å²) >= 11 is 0. The third-order valence-corrected chi connectivity index (χ3v) is 4.89. The van der Waals surface area contributed by atoms with E-state index in [4.69, 9.17) is 9.15 Å². The van der Waals surface area contributed by atoms with Crippen molar-refractivity contribution in [1.82, 2.24) is 15.2 Å². The molecule has 0 radical (unpaired) electrons. The first kappa shape index (κ1) is 15.2. The van der Waals surface area contributed by atoms with Crippen LogP contribution in [-0.4, -0.2) is 41.5 Å². The van der Waals surface area contributed by atoms with Crippen molar-refractivity contribution >= 4 is 5.91 Å². The van der Waals surface area contributed by atoms with E-state index in [2.05, 4.69) is 15.2 Å². The van der Waals surface area contributed by atoms with E-state index in [1.165, 1.54) is 32.2 Å². The normalized spacial score (nSPS) is 25.5. The summed E-state index contributed by atoms with van der Waals surface area (Å²) in [4.78, 5) is 19.0. The van der Waals surface area contributed by atoms with Gasteiger partial charge in [-0.2, -0.15) is 4.98 Å². The molecule has 6 nitrogen and oxygen atoms in total. The fourth-order valence-corrected chi connectivity index (χ4v) is 3.53. The molecular weight excluding hydrogens is 306 g/mol. The van der Waals surface area contributed by atoms with Gasteiger partial charge in [-0.15, -0.1) is 0 Å². The van der Waals surface area contributed by atoms with Crippen LogP contribution < -0.4 is 10.1 Å². The molecule has 0 saturated carbocycles. The number of aromatic nitrogens is 1. The molecule has 3 fully saturated rings. The minimum Gasteiger partial charge on any atom is -0.417 e. The van der Waals surface area contributed by atoms with Crippen LogP contribution in [0, 0.1) is 12.8 Å². The van der Waals surface area contributed by atoms with Crippen LogP contribution in [0.25, 0.3) is 0 Å². The highest BCUT2D eigenvalue weighted by atomic mass is 16.6. The maximum atomic E-state index is 12.5. The lowest BCUT2D eigenvalue weighted by Gasteiger charge is -2.44. The molecule has 3 saturated heterocycles. The first-order valence-corrected chi connectivity index (χ1v) is 8.40. The molecule has 24 heavy (non-hydrogen) atoms. The Bertz CT molecular complexity index is 717. The van der Waals surface area contributed by atoms with Crippen molar-refractivity contribution in [3.05, 3.63) is 41.8 Å². The molecule has 1 aromatic carbocycles. The number of amides is 1. The molecule has 1 aromatic heterocycles. The SMILES string of the molecule is Cc1coc(Oc2ccc(C(=O)NC3CN4CCC3CC4)cc2)n1. The van der Waals surface area contributed by atoms with Crippen LogP contribution in [0.1, 0.15) is 28.9 Å². The van der Waals surface area contributed by atoms with E-state index in [1.807, 2.05) is 6.92 Å². The van der Waals surface area contributed by atoms with Crippen LogP contribution in [0.2, 0.25) is 0 Å². The summed E-state index contributed by atoms with van der Waals surface area (Å²) in [5, 5.41) is 3.19. The van der Waals surface area contributed by atoms with E-state index >= 15 is 0 Å². The Morgan fingerprint density at radius 1 is 1.29 bits per heavy atom. The van der Waals surface area contributed by atoms with Crippen molar-refractivity contribution < 1.29 is 13.9 Å². The molecule has 1 amide bonds. The van der Waals surface area contributed by atoms with Gasteiger partial charge in [-0.1, -0.05) is 0 Å². The summed E-state index contributed by atoms with van der Waals surface area (Å²) in [6.07, 6.45) is 4.11. The number of nitrogens with zero attached hydrogens (tertiary/aromatic N) is 2. The molecule has 2 aromatic rings. The van der Waals surface area contributed by atoms with E-state index < -0.39 is 0 Å². The molecule has 3 aliphatic heterocycles. The van der Waals surface area contributed by atoms with Crippen LogP contribution >= 0.6 is 0 Å². The zero-order valence-electron chi connectivity index (χ0n) is 13.7. The molecule has 4 heterocycles. The Kier molecular flexibility index (Phi) is 3.98. The third kappa shape index (κ3) is 3.14. The minimum absolute atomic E-state index is 0.0210. The van der Waals surface area contributed by atoms with E-state index in [1.54, 1.807) is 24.3 Å². The summed E-state index contributed by atoms with van der Waals surface area (Å²) in [6, 6.07) is 7.31. The zero-order chi connectivity index (χ0) is 16.5. The fourth-order valence-electron chi connectivity index (χ4n) is 3.53. The number of nitrogens with one attached hydrogen (secondary N) is 1. The maximum absolute atomic E-state index is 12.5. The summed E-state index contributed by atoms with van der Waals surface area (Å²) in [7, 11) is 0. The highest BCUT2D eigenvalue weighted by molar-refractivity contribution is 5.94. The van der Waals surface area contributed by atoms with Crippen molar-refractivity contribution in [3.8, 4) is 11.8 Å². The molecule has 126 valence electrons. The molecule has 1 unspecified atom stereocenters. The summed E-state index contributed by atoms with van der Waals surface area (Å²) in [5.74, 6) is 1.19. The van der Waals surface area contributed by atoms with E-state index in [-0.39, 0.29) is 18.0 Å². The van der Waals surface area contributed by atoms with Gasteiger partial charge in [-0.05, 0) is 63.0 Å². The number of oxazole rings is 1. The zero-order valence-corrected chi connectivity index (χ0v) is 13.7. The lowest BCUT2D eigenvalue weighted by molar-refractivity contribution is 0.0620. The second kappa shape index (κ2) is 6.28. The summed E-state index contributed by atoms with van der Waals surface area (Å²) in [6.45, 7) is 5.14. The number of hydrogen-bond acceptors (Lipinski definition) is 5. The molecule has 2 bridgehead atoms. The third-order valence-electron chi connectivity index (χ3n) is 4.89. The summed E-state index contributed by atoms with van der Waals surface area (Å²) < 4.78 is 10.7. The molecule has 3 aliphatic rings. The smallest absolute Gasteiger partial charge is 0.399 e. The quantitative estimate of drug-likeness (QED) is 0.935. The van der Waals surface area contributed by atoms with Crippen LogP contribution in [0.15, 0.2) is 34.9 Å². The van der Waals surface area contributed by atoms with Crippen molar-refractivity contribution in [2.24, 2.45) is 5.92 Å². The Morgan fingerprint density at radius 2 is 2.04 bits per heavy atom. The van der Waals surface area contributed by atoms with Crippen molar-refractivity contribution in [3.63, 3.8) is 0 Å². The van der Waals surface area contributed by atoms with Gasteiger partial charge in [-0.3, -0.25) is 4.79 Å². The van der Waals surface area contributed by atoms with Crippen molar-refractivity contribution in [1.29, 1.82) is 0 Å². The number of benzene rings is 1. The highest BCUT2D eigenvalue weighted by Crippen LogP contribution is 2.28. The van der Waals surface area contributed by atoms with Crippen LogP contribution in [0.4, 0.5) is 0 Å². The molecular formula is C18H21N3O3. The van der Waals surface area contributed by atoms with Crippen LogP contribution in [0.5, 0.6) is 11.8 Å². The summed E-state index contributed by atoms with van der Waals surface area (Å²) in [5.41, 5.74) is 1.40. The maximum Gasteiger partial charge on any atom is 0.399 e. The van der Waals surface area contributed by atoms with Gasteiger partial charge in [0, 0.05) is 18.2 Å². The first-order chi connectivity index (χ1) is 11.7. The number of piperidine rings is 3. The Morgan fingerprint density at radius 3 is 2.62 bits per heavy atom. The Labute approximate surface area is 140 Å². The number of ether oxygens (including phenoxy) is 1. The average molecular weight is 327 g/mol. The number of carbonyl (C=O) groups is 1. The van der Waals surface area contributed by atoms with Gasteiger partial charge in [0.15, 0.2) is 0 Å². The van der Waals surface area contributed by atoms with E-state index in [9.17, 15) is 4.79 Å². The second-order valence-electron chi connectivity index (χ2n) is 6.60. The van der Waals surface area contributed by atoms with Gasteiger partial charge in [-0.25, -0.2) is 0 Å². The lowest BCUT2D eigenvalue weighted by Crippen LogP contribution is -2.57. The predicted octanol–water partition coefficient (Wildman–Crippen LogP) is 2.60. The molecule has 1 N–H and O–H groups in total. The van der Waals surface area contributed by atoms with Gasteiger partial charge >= 0.3 is 6.08 Å². The van der Waals surface area contributed by atoms with Crippen molar-refractivity contribution in [2.45, 2.75) is 25.8 Å². The van der Waals surface area contributed by atoms with Crippen LogP contribution in [0.3, 0.4) is 0 Å². The predicted molar refractivity (Wildman–Crippen MR) is 88.2 cm³/mol. The monoisotopic (exact) mass is 327 g/mol. The van der Waals surface area contributed by atoms with Gasteiger partial charge in [0.1, 0.15) is 12.0 Å². The van der Waals surface area contributed by atoms with Gasteiger partial charge in [0.05, 0.1) is 5.69 Å². The lowest BCUT2D eigenvalue weighted by atomic mass is 9.84. The molecule has 1 atom stereocenters. The van der Waals surface area contributed by atoms with E-state index in [0.29, 0.717) is 17.2 Å². The standard InChI is InChI=1S/C18H21N3O3/c1-12-11-23-18(19-12)24-15-4-2-14(3-5-15)17(22)20-16-10-21-8-6-13(16)7-9-21/h2-5,11,13,16H,6-10H2,1H3,(H,20,22). The average Bonchev–Trinajstić information content (AvgIpc) is 3.01. The number of fused-ring (bicyclic) bond motifs is 3. The number of carbonyl (C=O) groups excluding carboxylic acids is 1. The largest absolute Gasteiger partial charge is 0.417 e. The number of hydrogen-bond donors (Lipinski definition) is 1. The first-order valence-electron chi connectivity index (χ1n) is 8.40. The Hall–Kier alpha value is -2.34. The Balaban J connectivity index is 1.38. The molecule has 5 rings (SSSR count). The van der Waals surface area contributed by atoms with E-state index in [0.717, 1.165) is 12.2 Å². The molecule has 0 spiro atoms. The van der Waals surface area contributed by atoms with Gasteiger partial charge in [0.25, 0.3) is 5.91 Å². The number of aryl methyl sites for hydroxylation is 1. The highest BCUT2D eigenvalue weighted by Gasteiger charge is 2.34. The molecule has 6 heteroatoms. The van der Waals surface area contributed by atoms with Gasteiger partial charge in [0.2, 0.25) is 0 Å². The van der Waals surface area contributed by atoms with Crippen LogP contribution in [-0.2, 0) is 0 Å².